The van der Waals surface area contributed by atoms with Crippen LogP contribution in [0.5, 0.6) is 0 Å². The van der Waals surface area contributed by atoms with E-state index in [1.165, 1.54) is 6.07 Å². The van der Waals surface area contributed by atoms with E-state index in [1.807, 2.05) is 13.0 Å². The molecular formula is C9H11ClFN. The molecule has 1 aromatic rings. The minimum absolute atomic E-state index is 0.176. The van der Waals surface area contributed by atoms with Crippen molar-refractivity contribution in [1.82, 2.24) is 5.32 Å². The number of halogens is 2. The molecule has 1 nitrogen and oxygen atoms in total. The van der Waals surface area contributed by atoms with E-state index in [0.717, 1.165) is 12.1 Å². The molecule has 3 heteroatoms. The molecule has 1 N–H and O–H groups in total. The van der Waals surface area contributed by atoms with Crippen molar-refractivity contribution < 1.29 is 4.39 Å². The van der Waals surface area contributed by atoms with Gasteiger partial charge in [-0.15, -0.1) is 0 Å². The first kappa shape index (κ1) is 9.49. The lowest BCUT2D eigenvalue weighted by atomic mass is 10.2. The smallest absolute Gasteiger partial charge is 0.142 e. The van der Waals surface area contributed by atoms with Gasteiger partial charge in [-0.2, -0.15) is 0 Å². The molecule has 0 aliphatic heterocycles. The summed E-state index contributed by atoms with van der Waals surface area (Å²) in [6.45, 7) is 3.57. The molecule has 0 amide bonds. The third-order valence-corrected chi connectivity index (χ3v) is 1.87. The van der Waals surface area contributed by atoms with Crippen LogP contribution >= 0.6 is 11.6 Å². The molecule has 1 aromatic carbocycles. The van der Waals surface area contributed by atoms with Gasteiger partial charge >= 0.3 is 0 Å². The van der Waals surface area contributed by atoms with Gasteiger partial charge in [0.05, 0.1) is 5.02 Å². The van der Waals surface area contributed by atoms with E-state index in [-0.39, 0.29) is 10.8 Å². The number of benzene rings is 1. The van der Waals surface area contributed by atoms with Crippen molar-refractivity contribution >= 4 is 11.6 Å². The maximum Gasteiger partial charge on any atom is 0.142 e. The van der Waals surface area contributed by atoms with Crippen LogP contribution in [0.4, 0.5) is 4.39 Å². The van der Waals surface area contributed by atoms with Crippen molar-refractivity contribution in [2.24, 2.45) is 0 Å². The second-order valence-corrected chi connectivity index (χ2v) is 2.94. The highest BCUT2D eigenvalue weighted by Crippen LogP contribution is 2.15. The zero-order chi connectivity index (χ0) is 8.97. The van der Waals surface area contributed by atoms with Gasteiger partial charge in [0.25, 0.3) is 0 Å². The van der Waals surface area contributed by atoms with Gasteiger partial charge in [-0.25, -0.2) is 4.39 Å². The van der Waals surface area contributed by atoms with Crippen molar-refractivity contribution in [3.05, 3.63) is 34.6 Å². The van der Waals surface area contributed by atoms with E-state index >= 15 is 0 Å². The number of hydrogen-bond acceptors (Lipinski definition) is 1. The molecule has 1 rings (SSSR count). The summed E-state index contributed by atoms with van der Waals surface area (Å²) in [7, 11) is 0. The molecule has 0 fully saturated rings. The maximum absolute atomic E-state index is 12.8. The lowest BCUT2D eigenvalue weighted by Crippen LogP contribution is -2.11. The number of hydrogen-bond donors (Lipinski definition) is 1. The fourth-order valence-electron chi connectivity index (χ4n) is 0.919. The van der Waals surface area contributed by atoms with E-state index in [9.17, 15) is 4.39 Å². The van der Waals surface area contributed by atoms with Crippen LogP contribution < -0.4 is 5.32 Å². The maximum atomic E-state index is 12.8. The largest absolute Gasteiger partial charge is 0.313 e. The molecule has 0 unspecified atom stereocenters. The highest BCUT2D eigenvalue weighted by Gasteiger charge is 1.99. The third kappa shape index (κ3) is 2.47. The van der Waals surface area contributed by atoms with Gasteiger partial charge in [0, 0.05) is 6.54 Å². The standard InChI is InChI=1S/C9H11ClFN/c1-2-12-6-7-3-4-8(10)9(11)5-7/h3-5,12H,2,6H2,1H3. The summed E-state index contributed by atoms with van der Waals surface area (Å²) >= 11 is 5.52. The molecule has 0 atom stereocenters. The Balaban J connectivity index is 2.69. The quantitative estimate of drug-likeness (QED) is 0.767. The van der Waals surface area contributed by atoms with Crippen molar-refractivity contribution in [3.63, 3.8) is 0 Å². The third-order valence-electron chi connectivity index (χ3n) is 1.56. The molecular weight excluding hydrogens is 177 g/mol. The Morgan fingerprint density at radius 1 is 1.50 bits per heavy atom. The molecule has 0 aliphatic carbocycles. The van der Waals surface area contributed by atoms with E-state index in [1.54, 1.807) is 6.07 Å². The van der Waals surface area contributed by atoms with Crippen molar-refractivity contribution in [1.29, 1.82) is 0 Å². The van der Waals surface area contributed by atoms with E-state index < -0.39 is 0 Å². The van der Waals surface area contributed by atoms with E-state index in [2.05, 4.69) is 5.32 Å². The summed E-state index contributed by atoms with van der Waals surface area (Å²) in [5.41, 5.74) is 0.916. The topological polar surface area (TPSA) is 12.0 Å². The predicted octanol–water partition coefficient (Wildman–Crippen LogP) is 2.59. The summed E-state index contributed by atoms with van der Waals surface area (Å²) in [5, 5.41) is 3.28. The van der Waals surface area contributed by atoms with E-state index in [4.69, 9.17) is 11.6 Å². The molecule has 0 aliphatic rings. The molecule has 66 valence electrons. The van der Waals surface area contributed by atoms with Gasteiger partial charge in [0.1, 0.15) is 5.82 Å². The lowest BCUT2D eigenvalue weighted by molar-refractivity contribution is 0.622. The van der Waals surface area contributed by atoms with Gasteiger partial charge < -0.3 is 5.32 Å². The SMILES string of the molecule is CCNCc1ccc(Cl)c(F)c1. The minimum Gasteiger partial charge on any atom is -0.313 e. The Hall–Kier alpha value is -0.600. The monoisotopic (exact) mass is 187 g/mol. The molecule has 0 bridgehead atoms. The van der Waals surface area contributed by atoms with Gasteiger partial charge in [-0.05, 0) is 24.2 Å². The van der Waals surface area contributed by atoms with E-state index in [0.29, 0.717) is 6.54 Å². The number of nitrogens with one attached hydrogen (secondary N) is 1. The van der Waals surface area contributed by atoms with Gasteiger partial charge in [-0.3, -0.25) is 0 Å². The molecule has 0 aromatic heterocycles. The highest BCUT2D eigenvalue weighted by molar-refractivity contribution is 6.30. The summed E-state index contributed by atoms with van der Waals surface area (Å²) in [5.74, 6) is -0.355. The molecule has 0 spiro atoms. The Kier molecular flexibility index (Phi) is 3.50. The fourth-order valence-corrected chi connectivity index (χ4v) is 1.04. The van der Waals surface area contributed by atoms with Crippen LogP contribution in [0.25, 0.3) is 0 Å². The molecule has 12 heavy (non-hydrogen) atoms. The fraction of sp³-hybridized carbons (Fsp3) is 0.333. The van der Waals surface area contributed by atoms with Gasteiger partial charge in [0.15, 0.2) is 0 Å². The first-order chi connectivity index (χ1) is 5.74. The molecule has 0 saturated heterocycles. The predicted molar refractivity (Wildman–Crippen MR) is 48.8 cm³/mol. The summed E-state index contributed by atoms with van der Waals surface area (Å²) in [6.07, 6.45) is 0. The van der Waals surface area contributed by atoms with Crippen LogP contribution in [-0.4, -0.2) is 6.54 Å². The zero-order valence-electron chi connectivity index (χ0n) is 6.90. The van der Waals surface area contributed by atoms with Crippen molar-refractivity contribution in [2.45, 2.75) is 13.5 Å². The Labute approximate surface area is 76.5 Å². The number of rotatable bonds is 3. The highest BCUT2D eigenvalue weighted by atomic mass is 35.5. The lowest BCUT2D eigenvalue weighted by Gasteiger charge is -2.02. The van der Waals surface area contributed by atoms with Crippen LogP contribution in [0.15, 0.2) is 18.2 Å². The second kappa shape index (κ2) is 4.43. The van der Waals surface area contributed by atoms with Gasteiger partial charge in [-0.1, -0.05) is 24.6 Å². The van der Waals surface area contributed by atoms with Crippen LogP contribution in [0, 0.1) is 5.82 Å². The van der Waals surface area contributed by atoms with Crippen molar-refractivity contribution in [2.75, 3.05) is 6.54 Å². The molecule has 0 saturated carbocycles. The van der Waals surface area contributed by atoms with Crippen molar-refractivity contribution in [3.8, 4) is 0 Å². The van der Waals surface area contributed by atoms with Crippen LogP contribution in [0.2, 0.25) is 5.02 Å². The first-order valence-electron chi connectivity index (χ1n) is 3.88. The minimum atomic E-state index is -0.355. The average Bonchev–Trinajstić information content (AvgIpc) is 2.07. The van der Waals surface area contributed by atoms with Crippen LogP contribution in [-0.2, 0) is 6.54 Å². The Morgan fingerprint density at radius 3 is 2.83 bits per heavy atom. The van der Waals surface area contributed by atoms with Gasteiger partial charge in [0.2, 0.25) is 0 Å². The summed E-state index contributed by atoms with van der Waals surface area (Å²) in [6, 6.07) is 4.84. The first-order valence-corrected chi connectivity index (χ1v) is 4.26. The zero-order valence-corrected chi connectivity index (χ0v) is 7.66. The average molecular weight is 188 g/mol. The Bertz CT molecular complexity index is 263. The summed E-state index contributed by atoms with van der Waals surface area (Å²) in [4.78, 5) is 0. The molecule has 0 heterocycles. The van der Waals surface area contributed by atoms with Crippen LogP contribution in [0.1, 0.15) is 12.5 Å². The Morgan fingerprint density at radius 2 is 2.25 bits per heavy atom. The summed E-state index contributed by atoms with van der Waals surface area (Å²) < 4.78 is 12.8. The van der Waals surface area contributed by atoms with Crippen LogP contribution in [0.3, 0.4) is 0 Å². The molecule has 0 radical (unpaired) electrons. The second-order valence-electron chi connectivity index (χ2n) is 2.53. The normalized spacial score (nSPS) is 10.2.